The summed E-state index contributed by atoms with van der Waals surface area (Å²) in [5.74, 6) is -1.07. The first kappa shape index (κ1) is 29.2. The van der Waals surface area contributed by atoms with Crippen LogP contribution in [0.5, 0.6) is 0 Å². The molecule has 3 aromatic rings. The molecular formula is C31H34N4O6S. The molecule has 2 aromatic carbocycles. The van der Waals surface area contributed by atoms with Crippen LogP contribution in [-0.2, 0) is 26.0 Å². The summed E-state index contributed by atoms with van der Waals surface area (Å²) in [7, 11) is -1.76. The van der Waals surface area contributed by atoms with Gasteiger partial charge in [-0.15, -0.1) is 0 Å². The predicted molar refractivity (Wildman–Crippen MR) is 157 cm³/mol. The quantitative estimate of drug-likeness (QED) is 0.339. The molecule has 1 aliphatic heterocycles. The highest BCUT2D eigenvalue weighted by Crippen LogP contribution is 2.35. The molecule has 5 rings (SSSR count). The van der Waals surface area contributed by atoms with E-state index in [2.05, 4.69) is 15.6 Å². The third-order valence-corrected chi connectivity index (χ3v) is 9.99. The minimum atomic E-state index is -3.35. The number of likely N-dealkylation sites (tertiary alicyclic amines) is 1. The standard InChI is InChI=1S/C31H34N4O6S/c1-32-31(38)35-16-15-22(19-35)17-27(23-7-10-25(11-8-23)42(39,40)26-12-13-26)29(36)34-28-14-9-24(18-33-28)30(37)41-20-21-5-3-2-4-6-21/h2-11,14,18,22,26-27H,12-13,15-17,19-20H2,1H3,(H,32,38)(H,33,34,36). The van der Waals surface area contributed by atoms with Gasteiger partial charge in [-0.1, -0.05) is 42.5 Å². The molecule has 0 radical (unpaired) electrons. The van der Waals surface area contributed by atoms with E-state index in [0.29, 0.717) is 37.9 Å². The summed E-state index contributed by atoms with van der Waals surface area (Å²) >= 11 is 0. The van der Waals surface area contributed by atoms with E-state index in [1.807, 2.05) is 30.3 Å². The van der Waals surface area contributed by atoms with Crippen molar-refractivity contribution in [1.29, 1.82) is 0 Å². The van der Waals surface area contributed by atoms with Crippen molar-refractivity contribution in [1.82, 2.24) is 15.2 Å². The van der Waals surface area contributed by atoms with Gasteiger partial charge in [0, 0.05) is 26.3 Å². The summed E-state index contributed by atoms with van der Waals surface area (Å²) < 4.78 is 30.7. The number of nitrogens with one attached hydrogen (secondary N) is 2. The van der Waals surface area contributed by atoms with Crippen LogP contribution < -0.4 is 10.6 Å². The number of anilines is 1. The normalized spacial score (nSPS) is 17.4. The van der Waals surface area contributed by atoms with Crippen LogP contribution in [0.15, 0.2) is 77.8 Å². The number of carbonyl (C=O) groups is 3. The number of pyridine rings is 1. The number of nitrogens with zero attached hydrogens (tertiary/aromatic N) is 2. The summed E-state index contributed by atoms with van der Waals surface area (Å²) in [5, 5.41) is 5.17. The maximum absolute atomic E-state index is 13.6. The first-order valence-electron chi connectivity index (χ1n) is 14.0. The number of benzene rings is 2. The summed E-state index contributed by atoms with van der Waals surface area (Å²) in [4.78, 5) is 44.4. The molecule has 1 saturated heterocycles. The van der Waals surface area contributed by atoms with E-state index >= 15 is 0 Å². The number of hydrogen-bond acceptors (Lipinski definition) is 7. The number of carbonyl (C=O) groups excluding carboxylic acids is 3. The van der Waals surface area contributed by atoms with Gasteiger partial charge in [0.05, 0.1) is 21.6 Å². The van der Waals surface area contributed by atoms with Crippen molar-refractivity contribution in [2.24, 2.45) is 5.92 Å². The molecule has 2 N–H and O–H groups in total. The van der Waals surface area contributed by atoms with Gasteiger partial charge >= 0.3 is 12.0 Å². The Bertz CT molecular complexity index is 1520. The molecule has 10 nitrogen and oxygen atoms in total. The minimum absolute atomic E-state index is 0.0858. The first-order chi connectivity index (χ1) is 20.2. The molecule has 1 aliphatic carbocycles. The maximum Gasteiger partial charge on any atom is 0.340 e. The van der Waals surface area contributed by atoms with Crippen LogP contribution in [0.2, 0.25) is 0 Å². The monoisotopic (exact) mass is 590 g/mol. The molecule has 2 fully saturated rings. The Balaban J connectivity index is 1.28. The lowest BCUT2D eigenvalue weighted by atomic mass is 9.87. The van der Waals surface area contributed by atoms with Gasteiger partial charge in [-0.2, -0.15) is 0 Å². The van der Waals surface area contributed by atoms with E-state index in [-0.39, 0.29) is 46.0 Å². The van der Waals surface area contributed by atoms with E-state index in [1.165, 1.54) is 6.20 Å². The van der Waals surface area contributed by atoms with Crippen molar-refractivity contribution in [3.8, 4) is 0 Å². The lowest BCUT2D eigenvalue weighted by Crippen LogP contribution is -2.36. The molecule has 1 saturated carbocycles. The molecular weight excluding hydrogens is 556 g/mol. The van der Waals surface area contributed by atoms with Crippen LogP contribution in [0, 0.1) is 5.92 Å². The Hall–Kier alpha value is -4.25. The number of sulfone groups is 1. The van der Waals surface area contributed by atoms with E-state index in [1.54, 1.807) is 48.3 Å². The third kappa shape index (κ3) is 6.96. The second kappa shape index (κ2) is 12.7. The molecule has 42 heavy (non-hydrogen) atoms. The van der Waals surface area contributed by atoms with Crippen LogP contribution in [-0.4, -0.2) is 61.6 Å². The highest BCUT2D eigenvalue weighted by atomic mass is 32.2. The number of esters is 1. The Kier molecular flexibility index (Phi) is 8.86. The lowest BCUT2D eigenvalue weighted by Gasteiger charge is -2.21. The zero-order valence-corrected chi connectivity index (χ0v) is 24.2. The molecule has 11 heteroatoms. The van der Waals surface area contributed by atoms with Gasteiger partial charge < -0.3 is 20.3 Å². The second-order valence-corrected chi connectivity index (χ2v) is 13.0. The fourth-order valence-electron chi connectivity index (χ4n) is 5.16. The molecule has 1 aromatic heterocycles. The van der Waals surface area contributed by atoms with E-state index in [4.69, 9.17) is 4.74 Å². The highest BCUT2D eigenvalue weighted by Gasteiger charge is 2.37. The van der Waals surface area contributed by atoms with Gasteiger partial charge in [-0.3, -0.25) is 4.79 Å². The molecule has 2 atom stereocenters. The number of hydrogen-bond donors (Lipinski definition) is 2. The van der Waals surface area contributed by atoms with E-state index in [9.17, 15) is 22.8 Å². The largest absolute Gasteiger partial charge is 0.457 e. The summed E-state index contributed by atoms with van der Waals surface area (Å²) in [6.45, 7) is 1.26. The number of aromatic nitrogens is 1. The van der Waals surface area contributed by atoms with Gasteiger partial charge in [0.25, 0.3) is 0 Å². The highest BCUT2D eigenvalue weighted by molar-refractivity contribution is 7.92. The molecule has 2 aliphatic rings. The second-order valence-electron chi connectivity index (χ2n) is 10.7. The molecule has 3 amide bonds. The Morgan fingerprint density at radius 3 is 2.38 bits per heavy atom. The summed E-state index contributed by atoms with van der Waals surface area (Å²) in [6.07, 6.45) is 3.93. The topological polar surface area (TPSA) is 135 Å². The number of urea groups is 1. The lowest BCUT2D eigenvalue weighted by molar-refractivity contribution is -0.118. The van der Waals surface area contributed by atoms with Crippen LogP contribution in [0.1, 0.15) is 53.1 Å². The fraction of sp³-hybridized carbons (Fsp3) is 0.355. The Morgan fingerprint density at radius 2 is 1.74 bits per heavy atom. The molecule has 0 bridgehead atoms. The summed E-state index contributed by atoms with van der Waals surface area (Å²) in [5.41, 5.74) is 1.81. The minimum Gasteiger partial charge on any atom is -0.457 e. The molecule has 220 valence electrons. The van der Waals surface area contributed by atoms with Crippen LogP contribution in [0.3, 0.4) is 0 Å². The SMILES string of the molecule is CNC(=O)N1CCC(CC(C(=O)Nc2ccc(C(=O)OCc3ccccc3)cn2)c2ccc(S(=O)(=O)C3CC3)cc2)C1. The summed E-state index contributed by atoms with van der Waals surface area (Å²) in [6, 6.07) is 18.8. The molecule has 2 unspecified atom stereocenters. The zero-order valence-electron chi connectivity index (χ0n) is 23.4. The zero-order chi connectivity index (χ0) is 29.7. The van der Waals surface area contributed by atoms with Gasteiger partial charge in [-0.25, -0.2) is 23.0 Å². The third-order valence-electron chi connectivity index (χ3n) is 7.71. The van der Waals surface area contributed by atoms with Crippen molar-refractivity contribution in [3.63, 3.8) is 0 Å². The predicted octanol–water partition coefficient (Wildman–Crippen LogP) is 4.15. The molecule has 0 spiro atoms. The van der Waals surface area contributed by atoms with Crippen molar-refractivity contribution in [2.75, 3.05) is 25.5 Å². The smallest absolute Gasteiger partial charge is 0.340 e. The number of amides is 3. The first-order valence-corrected chi connectivity index (χ1v) is 15.6. The van der Waals surface area contributed by atoms with Crippen LogP contribution >= 0.6 is 0 Å². The average Bonchev–Trinajstić information content (AvgIpc) is 3.78. The van der Waals surface area contributed by atoms with Crippen LogP contribution in [0.4, 0.5) is 10.6 Å². The maximum atomic E-state index is 13.6. The van der Waals surface area contributed by atoms with Crippen LogP contribution in [0.25, 0.3) is 0 Å². The van der Waals surface area contributed by atoms with E-state index < -0.39 is 21.7 Å². The van der Waals surface area contributed by atoms with Gasteiger partial charge in [0.2, 0.25) is 5.91 Å². The van der Waals surface area contributed by atoms with Gasteiger partial charge in [0.1, 0.15) is 12.4 Å². The Morgan fingerprint density at radius 1 is 1.00 bits per heavy atom. The number of rotatable bonds is 10. The number of ether oxygens (including phenoxy) is 1. The Labute approximate surface area is 245 Å². The average molecular weight is 591 g/mol. The van der Waals surface area contributed by atoms with Crippen molar-refractivity contribution >= 4 is 33.6 Å². The van der Waals surface area contributed by atoms with Crippen molar-refractivity contribution in [3.05, 3.63) is 89.6 Å². The fourth-order valence-corrected chi connectivity index (χ4v) is 6.82. The van der Waals surface area contributed by atoms with Crippen molar-refractivity contribution < 1.29 is 27.5 Å². The van der Waals surface area contributed by atoms with Gasteiger partial charge in [-0.05, 0) is 67.0 Å². The van der Waals surface area contributed by atoms with Gasteiger partial charge in [0.15, 0.2) is 9.84 Å². The van der Waals surface area contributed by atoms with E-state index in [0.717, 1.165) is 12.0 Å². The molecule has 2 heterocycles. The van der Waals surface area contributed by atoms with Crippen molar-refractivity contribution in [2.45, 2.75) is 48.4 Å².